The van der Waals surface area contributed by atoms with E-state index >= 15 is 0 Å². The third-order valence-electron chi connectivity index (χ3n) is 6.46. The van der Waals surface area contributed by atoms with E-state index in [0.29, 0.717) is 25.1 Å². The van der Waals surface area contributed by atoms with Gasteiger partial charge in [0.1, 0.15) is 11.9 Å². The van der Waals surface area contributed by atoms with E-state index in [4.69, 9.17) is 0 Å². The Kier molecular flexibility index (Phi) is 5.65. The highest BCUT2D eigenvalue weighted by atomic mass is 19.1. The number of nitrogens with zero attached hydrogens (tertiary/aromatic N) is 1. The Morgan fingerprint density at radius 3 is 2.38 bits per heavy atom. The molecule has 1 unspecified atom stereocenters. The topological polar surface area (TPSA) is 49.4 Å². The molecule has 1 heterocycles. The molecule has 2 aromatic carbocycles. The van der Waals surface area contributed by atoms with Crippen LogP contribution in [0, 0.1) is 5.82 Å². The van der Waals surface area contributed by atoms with Crippen LogP contribution in [0.5, 0.6) is 0 Å². The summed E-state index contributed by atoms with van der Waals surface area (Å²) in [4.78, 5) is 27.6. The molecule has 1 aliphatic carbocycles. The van der Waals surface area contributed by atoms with E-state index in [1.165, 1.54) is 12.1 Å². The summed E-state index contributed by atoms with van der Waals surface area (Å²) in [7, 11) is 0. The number of carbonyl (C=O) groups is 2. The van der Waals surface area contributed by atoms with Gasteiger partial charge in [-0.25, -0.2) is 4.39 Å². The molecule has 1 N–H and O–H groups in total. The van der Waals surface area contributed by atoms with E-state index in [1.807, 2.05) is 30.3 Å². The average molecular weight is 394 g/mol. The van der Waals surface area contributed by atoms with Crippen LogP contribution in [0.2, 0.25) is 0 Å². The van der Waals surface area contributed by atoms with Crippen LogP contribution in [0.3, 0.4) is 0 Å². The van der Waals surface area contributed by atoms with Crippen LogP contribution in [0.1, 0.15) is 54.4 Å². The highest BCUT2D eigenvalue weighted by molar-refractivity contribution is 5.97. The molecule has 0 spiro atoms. The van der Waals surface area contributed by atoms with Crippen LogP contribution in [-0.2, 0) is 10.2 Å². The summed E-state index contributed by atoms with van der Waals surface area (Å²) in [5.74, 6) is -0.413. The van der Waals surface area contributed by atoms with Crippen molar-refractivity contribution >= 4 is 11.8 Å². The number of hydrogen-bond acceptors (Lipinski definition) is 2. The molecule has 152 valence electrons. The normalized spacial score (nSPS) is 20.6. The molecule has 2 amide bonds. The summed E-state index contributed by atoms with van der Waals surface area (Å²) in [5.41, 5.74) is 1.56. The highest BCUT2D eigenvalue weighted by Crippen LogP contribution is 2.40. The molecule has 29 heavy (non-hydrogen) atoms. The fraction of sp³-hybridized carbons (Fsp3) is 0.417. The van der Waals surface area contributed by atoms with Gasteiger partial charge in [-0.05, 0) is 55.5 Å². The van der Waals surface area contributed by atoms with Crippen molar-refractivity contribution in [2.75, 3.05) is 13.1 Å². The lowest BCUT2D eigenvalue weighted by molar-refractivity contribution is -0.125. The standard InChI is InChI=1S/C24H27FN2O2/c25-20-12-10-19(11-13-20)24(14-4-5-15-24)17-26-22(28)21-9-6-16-27(21)23(29)18-7-2-1-3-8-18/h1-3,7-8,10-13,21H,4-6,9,14-17H2,(H,26,28). The number of nitrogens with one attached hydrogen (secondary N) is 1. The first-order valence-electron chi connectivity index (χ1n) is 10.5. The number of hydrogen-bond donors (Lipinski definition) is 1. The molecule has 1 atom stereocenters. The molecule has 1 saturated carbocycles. The van der Waals surface area contributed by atoms with Crippen molar-refractivity contribution in [1.29, 1.82) is 0 Å². The van der Waals surface area contributed by atoms with E-state index in [0.717, 1.165) is 37.7 Å². The lowest BCUT2D eigenvalue weighted by Gasteiger charge is -2.31. The lowest BCUT2D eigenvalue weighted by Crippen LogP contribution is -2.49. The zero-order chi connectivity index (χ0) is 20.3. The van der Waals surface area contributed by atoms with Crippen molar-refractivity contribution in [2.24, 2.45) is 0 Å². The first-order valence-corrected chi connectivity index (χ1v) is 10.5. The molecule has 0 aromatic heterocycles. The monoisotopic (exact) mass is 394 g/mol. The second kappa shape index (κ2) is 8.36. The van der Waals surface area contributed by atoms with Gasteiger partial charge >= 0.3 is 0 Å². The van der Waals surface area contributed by atoms with Gasteiger partial charge in [-0.2, -0.15) is 0 Å². The minimum Gasteiger partial charge on any atom is -0.353 e. The van der Waals surface area contributed by atoms with Crippen molar-refractivity contribution < 1.29 is 14.0 Å². The van der Waals surface area contributed by atoms with Crippen LogP contribution in [-0.4, -0.2) is 35.8 Å². The largest absolute Gasteiger partial charge is 0.353 e. The Morgan fingerprint density at radius 2 is 1.69 bits per heavy atom. The van der Waals surface area contributed by atoms with Gasteiger partial charge in [0.25, 0.3) is 5.91 Å². The minimum absolute atomic E-state index is 0.0832. The van der Waals surface area contributed by atoms with Crippen molar-refractivity contribution in [2.45, 2.75) is 50.0 Å². The molecular formula is C24H27FN2O2. The predicted molar refractivity (Wildman–Crippen MR) is 110 cm³/mol. The Hall–Kier alpha value is -2.69. The van der Waals surface area contributed by atoms with E-state index in [1.54, 1.807) is 17.0 Å². The molecule has 2 aliphatic rings. The molecule has 4 rings (SSSR count). The minimum atomic E-state index is -0.422. The van der Waals surface area contributed by atoms with E-state index in [9.17, 15) is 14.0 Å². The Labute approximate surface area is 171 Å². The van der Waals surface area contributed by atoms with Gasteiger partial charge in [0.05, 0.1) is 0 Å². The first kappa shape index (κ1) is 19.6. The number of likely N-dealkylation sites (tertiary alicyclic amines) is 1. The van der Waals surface area contributed by atoms with E-state index < -0.39 is 6.04 Å². The number of amides is 2. The maximum atomic E-state index is 13.4. The third kappa shape index (κ3) is 4.04. The number of benzene rings is 2. The molecule has 1 saturated heterocycles. The third-order valence-corrected chi connectivity index (χ3v) is 6.46. The molecule has 2 fully saturated rings. The van der Waals surface area contributed by atoms with E-state index in [-0.39, 0.29) is 23.0 Å². The molecule has 4 nitrogen and oxygen atoms in total. The second-order valence-electron chi connectivity index (χ2n) is 8.23. The van der Waals surface area contributed by atoms with Gasteiger partial charge in [-0.3, -0.25) is 9.59 Å². The number of carbonyl (C=O) groups excluding carboxylic acids is 2. The van der Waals surface area contributed by atoms with E-state index in [2.05, 4.69) is 5.32 Å². The summed E-state index contributed by atoms with van der Waals surface area (Å²) in [6, 6.07) is 15.4. The average Bonchev–Trinajstić information content (AvgIpc) is 3.43. The predicted octanol–water partition coefficient (Wildman–Crippen LogP) is 4.06. The summed E-state index contributed by atoms with van der Waals surface area (Å²) in [6.07, 6.45) is 5.70. The van der Waals surface area contributed by atoms with Gasteiger partial charge < -0.3 is 10.2 Å². The van der Waals surface area contributed by atoms with Gasteiger partial charge in [0.2, 0.25) is 5.91 Å². The molecule has 0 bridgehead atoms. The summed E-state index contributed by atoms with van der Waals surface area (Å²) in [5, 5.41) is 3.13. The van der Waals surface area contributed by atoms with Crippen LogP contribution < -0.4 is 5.32 Å². The van der Waals surface area contributed by atoms with Gasteiger partial charge in [-0.1, -0.05) is 43.2 Å². The Bertz CT molecular complexity index is 860. The smallest absolute Gasteiger partial charge is 0.254 e. The fourth-order valence-corrected chi connectivity index (χ4v) is 4.83. The summed E-state index contributed by atoms with van der Waals surface area (Å²) in [6.45, 7) is 1.14. The second-order valence-corrected chi connectivity index (χ2v) is 8.23. The maximum absolute atomic E-state index is 13.4. The van der Waals surface area contributed by atoms with Crippen LogP contribution in [0.25, 0.3) is 0 Å². The van der Waals surface area contributed by atoms with Crippen LogP contribution in [0.4, 0.5) is 4.39 Å². The zero-order valence-corrected chi connectivity index (χ0v) is 16.6. The molecule has 1 aliphatic heterocycles. The van der Waals surface area contributed by atoms with Crippen molar-refractivity contribution in [1.82, 2.24) is 10.2 Å². The molecule has 2 aromatic rings. The van der Waals surface area contributed by atoms with Gasteiger partial charge in [0, 0.05) is 24.1 Å². The summed E-state index contributed by atoms with van der Waals surface area (Å²) >= 11 is 0. The van der Waals surface area contributed by atoms with Crippen molar-refractivity contribution in [3.05, 3.63) is 71.5 Å². The maximum Gasteiger partial charge on any atom is 0.254 e. The lowest BCUT2D eigenvalue weighted by atomic mass is 9.78. The van der Waals surface area contributed by atoms with Crippen molar-refractivity contribution in [3.8, 4) is 0 Å². The Balaban J connectivity index is 1.45. The quantitative estimate of drug-likeness (QED) is 0.831. The fourth-order valence-electron chi connectivity index (χ4n) is 4.83. The van der Waals surface area contributed by atoms with Crippen LogP contribution >= 0.6 is 0 Å². The number of halogens is 1. The summed E-state index contributed by atoms with van der Waals surface area (Å²) < 4.78 is 13.4. The Morgan fingerprint density at radius 1 is 1.00 bits per heavy atom. The van der Waals surface area contributed by atoms with Gasteiger partial charge in [-0.15, -0.1) is 0 Å². The van der Waals surface area contributed by atoms with Crippen LogP contribution in [0.15, 0.2) is 54.6 Å². The first-order chi connectivity index (χ1) is 14.1. The zero-order valence-electron chi connectivity index (χ0n) is 16.6. The molecule has 0 radical (unpaired) electrons. The van der Waals surface area contributed by atoms with Crippen molar-refractivity contribution in [3.63, 3.8) is 0 Å². The molecular weight excluding hydrogens is 367 g/mol. The number of rotatable bonds is 5. The molecule has 5 heteroatoms. The van der Waals surface area contributed by atoms with Gasteiger partial charge in [0.15, 0.2) is 0 Å². The highest BCUT2D eigenvalue weighted by Gasteiger charge is 2.39. The SMILES string of the molecule is O=C(NCC1(c2ccc(F)cc2)CCCC1)C1CCCN1C(=O)c1ccccc1.